The van der Waals surface area contributed by atoms with E-state index in [1.165, 1.54) is 0 Å². The smallest absolute Gasteiger partial charge is 0.410 e. The van der Waals surface area contributed by atoms with Gasteiger partial charge >= 0.3 is 12.1 Å². The summed E-state index contributed by atoms with van der Waals surface area (Å²) in [6.45, 7) is 7.12. The van der Waals surface area contributed by atoms with Gasteiger partial charge in [-0.1, -0.05) is 36.4 Å². The predicted octanol–water partition coefficient (Wildman–Crippen LogP) is 7.12. The molecule has 4 rings (SSSR count). The van der Waals surface area contributed by atoms with Crippen LogP contribution in [-0.2, 0) is 17.6 Å². The summed E-state index contributed by atoms with van der Waals surface area (Å²) in [6, 6.07) is 22.5. The molecule has 3 amide bonds. The largest absolute Gasteiger partial charge is 0.496 e. The van der Waals surface area contributed by atoms with E-state index in [0.29, 0.717) is 57.3 Å². The van der Waals surface area contributed by atoms with Crippen LogP contribution in [0.3, 0.4) is 0 Å². The molecule has 42 heavy (non-hydrogen) atoms. The monoisotopic (exact) mass is 571 g/mol. The van der Waals surface area contributed by atoms with Gasteiger partial charge in [-0.15, -0.1) is 0 Å². The first kappa shape index (κ1) is 30.6. The van der Waals surface area contributed by atoms with Crippen molar-refractivity contribution in [3.63, 3.8) is 0 Å². The fourth-order valence-corrected chi connectivity index (χ4v) is 5.02. The van der Waals surface area contributed by atoms with Crippen LogP contribution < -0.4 is 15.0 Å². The van der Waals surface area contributed by atoms with Crippen molar-refractivity contribution in [1.29, 1.82) is 0 Å². The number of fused-ring (bicyclic) bond motifs is 1. The van der Waals surface area contributed by atoms with Gasteiger partial charge in [0, 0.05) is 43.0 Å². The molecule has 3 aromatic carbocycles. The summed E-state index contributed by atoms with van der Waals surface area (Å²) in [5.41, 5.74) is 3.66. The van der Waals surface area contributed by atoms with Crippen molar-refractivity contribution in [3.05, 3.63) is 89.5 Å². The van der Waals surface area contributed by atoms with Crippen LogP contribution >= 0.6 is 0 Å². The van der Waals surface area contributed by atoms with Crippen molar-refractivity contribution in [1.82, 2.24) is 4.90 Å². The van der Waals surface area contributed by atoms with Gasteiger partial charge in [0.15, 0.2) is 5.78 Å². The van der Waals surface area contributed by atoms with Crippen LogP contribution in [0.25, 0.3) is 0 Å². The van der Waals surface area contributed by atoms with Crippen molar-refractivity contribution >= 4 is 29.3 Å². The first-order valence-corrected chi connectivity index (χ1v) is 14.5. The summed E-state index contributed by atoms with van der Waals surface area (Å²) >= 11 is 0. The number of hydrogen-bond donors (Lipinski definition) is 1. The topological polar surface area (TPSA) is 88.2 Å². The lowest BCUT2D eigenvalue weighted by atomic mass is 10.0. The quantitative estimate of drug-likeness (QED) is 0.196. The zero-order valence-corrected chi connectivity index (χ0v) is 25.0. The number of anilines is 2. The number of urea groups is 1. The number of carbonyl (C=O) groups excluding carboxylic acids is 3. The highest BCUT2D eigenvalue weighted by Crippen LogP contribution is 2.30. The Hall–Kier alpha value is -4.33. The van der Waals surface area contributed by atoms with E-state index in [0.717, 1.165) is 28.3 Å². The number of methoxy groups -OCH3 is 1. The number of rotatable bonds is 11. The van der Waals surface area contributed by atoms with Gasteiger partial charge in [-0.3, -0.25) is 9.69 Å². The number of carbonyl (C=O) groups is 3. The number of hydrogen-bond acceptors (Lipinski definition) is 5. The Labute approximate surface area is 248 Å². The summed E-state index contributed by atoms with van der Waals surface area (Å²) in [4.78, 5) is 42.2. The highest BCUT2D eigenvalue weighted by Gasteiger charge is 2.26. The average Bonchev–Trinajstić information content (AvgIpc) is 3.40. The molecule has 1 aliphatic rings. The molecule has 0 saturated carbocycles. The fourth-order valence-electron chi connectivity index (χ4n) is 5.02. The first-order valence-electron chi connectivity index (χ1n) is 14.5. The van der Waals surface area contributed by atoms with Crippen molar-refractivity contribution in [2.24, 2.45) is 0 Å². The Morgan fingerprint density at radius 2 is 1.67 bits per heavy atom. The third-order valence-electron chi connectivity index (χ3n) is 7.14. The number of ether oxygens (including phenoxy) is 2. The Morgan fingerprint density at radius 1 is 0.929 bits per heavy atom. The van der Waals surface area contributed by atoms with E-state index in [1.807, 2.05) is 87.5 Å². The lowest BCUT2D eigenvalue weighted by Crippen LogP contribution is -2.38. The summed E-state index contributed by atoms with van der Waals surface area (Å²) in [5.74, 6) is 0.851. The maximum Gasteiger partial charge on any atom is 0.410 e. The minimum Gasteiger partial charge on any atom is -0.496 e. The fraction of sp³-hybridized carbons (Fsp3) is 0.382. The van der Waals surface area contributed by atoms with E-state index in [9.17, 15) is 14.4 Å². The van der Waals surface area contributed by atoms with Gasteiger partial charge in [0.1, 0.15) is 11.4 Å². The van der Waals surface area contributed by atoms with Gasteiger partial charge in [0.05, 0.1) is 7.11 Å². The van der Waals surface area contributed by atoms with Crippen LogP contribution in [0.2, 0.25) is 0 Å². The summed E-state index contributed by atoms with van der Waals surface area (Å²) in [6.07, 6.45) is 2.69. The summed E-state index contributed by atoms with van der Waals surface area (Å²) < 4.78 is 11.1. The second kappa shape index (κ2) is 14.0. The zero-order chi connectivity index (χ0) is 30.1. The van der Waals surface area contributed by atoms with E-state index in [2.05, 4.69) is 5.32 Å². The second-order valence-electron chi connectivity index (χ2n) is 11.5. The Balaban J connectivity index is 1.30. The molecule has 222 valence electrons. The number of nitrogens with one attached hydrogen (secondary N) is 1. The third-order valence-corrected chi connectivity index (χ3v) is 7.14. The SMILES string of the molecule is COc1ccccc1CCN(CCCCC(=O)c1ccc2c(c1)CCN2C(=O)Nc1ccccc1)C(=O)OC(C)(C)C. The highest BCUT2D eigenvalue weighted by molar-refractivity contribution is 6.04. The molecule has 0 aliphatic carbocycles. The van der Waals surface area contributed by atoms with E-state index in [1.54, 1.807) is 23.0 Å². The third kappa shape index (κ3) is 8.35. The maximum atomic E-state index is 13.0. The number of nitrogens with zero attached hydrogens (tertiary/aromatic N) is 2. The molecule has 0 radical (unpaired) electrons. The van der Waals surface area contributed by atoms with Gasteiger partial charge < -0.3 is 19.7 Å². The van der Waals surface area contributed by atoms with Crippen molar-refractivity contribution in [2.45, 2.75) is 58.5 Å². The first-order chi connectivity index (χ1) is 20.1. The van der Waals surface area contributed by atoms with Crippen LogP contribution in [0, 0.1) is 0 Å². The van der Waals surface area contributed by atoms with Crippen molar-refractivity contribution < 1.29 is 23.9 Å². The van der Waals surface area contributed by atoms with Crippen LogP contribution in [0.4, 0.5) is 21.0 Å². The van der Waals surface area contributed by atoms with Gasteiger partial charge in [-0.05, 0) is 94.0 Å². The second-order valence-corrected chi connectivity index (χ2v) is 11.5. The lowest BCUT2D eigenvalue weighted by Gasteiger charge is -2.27. The van der Waals surface area contributed by atoms with Crippen molar-refractivity contribution in [3.8, 4) is 5.75 Å². The molecule has 8 nitrogen and oxygen atoms in total. The summed E-state index contributed by atoms with van der Waals surface area (Å²) in [7, 11) is 1.64. The minimum absolute atomic E-state index is 0.0582. The van der Waals surface area contributed by atoms with Crippen LogP contribution in [0.15, 0.2) is 72.8 Å². The van der Waals surface area contributed by atoms with Gasteiger partial charge in [-0.2, -0.15) is 0 Å². The normalized spacial score (nSPS) is 12.4. The van der Waals surface area contributed by atoms with Crippen LogP contribution in [-0.4, -0.2) is 55.2 Å². The highest BCUT2D eigenvalue weighted by atomic mass is 16.6. The molecular formula is C34H41N3O5. The lowest BCUT2D eigenvalue weighted by molar-refractivity contribution is 0.0249. The predicted molar refractivity (Wildman–Crippen MR) is 166 cm³/mol. The Bertz CT molecular complexity index is 1380. The molecule has 0 aromatic heterocycles. The molecule has 1 aliphatic heterocycles. The number of amides is 3. The number of unbranched alkanes of at least 4 members (excludes halogenated alkanes) is 1. The van der Waals surface area contributed by atoms with Gasteiger partial charge in [-0.25, -0.2) is 9.59 Å². The standard InChI is InChI=1S/C34H41N3O5/c1-34(2,3)42-33(40)36(22-19-25-12-8-9-16-31(25)41-4)21-11-10-15-30(38)27-17-18-29-26(24-27)20-23-37(29)32(39)35-28-13-6-5-7-14-28/h5-9,12-14,16-18,24H,10-11,15,19-23H2,1-4H3,(H,35,39). The molecule has 0 saturated heterocycles. The number of benzene rings is 3. The minimum atomic E-state index is -0.596. The molecule has 8 heteroatoms. The van der Waals surface area contributed by atoms with Gasteiger partial charge in [0.2, 0.25) is 0 Å². The zero-order valence-electron chi connectivity index (χ0n) is 25.0. The van der Waals surface area contributed by atoms with Crippen molar-refractivity contribution in [2.75, 3.05) is 37.0 Å². The molecule has 3 aromatic rings. The molecule has 0 unspecified atom stereocenters. The Morgan fingerprint density at radius 3 is 2.40 bits per heavy atom. The van der Waals surface area contributed by atoms with E-state index >= 15 is 0 Å². The van der Waals surface area contributed by atoms with Gasteiger partial charge in [0.25, 0.3) is 0 Å². The van der Waals surface area contributed by atoms with Crippen LogP contribution in [0.5, 0.6) is 5.75 Å². The van der Waals surface area contributed by atoms with E-state index in [-0.39, 0.29) is 17.9 Å². The number of Topliss-reactive ketones (excluding diaryl/α,β-unsaturated/α-hetero) is 1. The molecular weight excluding hydrogens is 530 g/mol. The number of ketones is 1. The molecule has 0 bridgehead atoms. The maximum absolute atomic E-state index is 13.0. The van der Waals surface area contributed by atoms with Crippen LogP contribution in [0.1, 0.15) is 61.5 Å². The molecule has 1 N–H and O–H groups in total. The van der Waals surface area contributed by atoms with E-state index in [4.69, 9.17) is 9.47 Å². The summed E-state index contributed by atoms with van der Waals surface area (Å²) in [5, 5.41) is 2.93. The molecule has 0 spiro atoms. The Kier molecular flexibility index (Phi) is 10.2. The average molecular weight is 572 g/mol. The van der Waals surface area contributed by atoms with E-state index < -0.39 is 5.60 Å². The molecule has 1 heterocycles. The molecule has 0 fully saturated rings. The molecule has 0 atom stereocenters. The number of para-hydroxylation sites is 2.